The van der Waals surface area contributed by atoms with Gasteiger partial charge in [0.1, 0.15) is 6.04 Å². The van der Waals surface area contributed by atoms with Gasteiger partial charge in [0.15, 0.2) is 0 Å². The zero-order valence-electron chi connectivity index (χ0n) is 11.1. The lowest BCUT2D eigenvalue weighted by Crippen LogP contribution is -2.38. The van der Waals surface area contributed by atoms with E-state index in [1.54, 1.807) is 0 Å². The van der Waals surface area contributed by atoms with E-state index < -0.39 is 0 Å². The molecule has 0 saturated heterocycles. The van der Waals surface area contributed by atoms with Crippen LogP contribution in [0.4, 0.5) is 0 Å². The topological polar surface area (TPSA) is 38.3 Å². The van der Waals surface area contributed by atoms with Gasteiger partial charge in [0, 0.05) is 0 Å². The van der Waals surface area contributed by atoms with E-state index in [2.05, 4.69) is 19.2 Å². The molecule has 1 atom stereocenters. The lowest BCUT2D eigenvalue weighted by Gasteiger charge is -2.15. The smallest absolute Gasteiger partial charge is 0.322 e. The molecule has 0 aromatic heterocycles. The van der Waals surface area contributed by atoms with Crippen molar-refractivity contribution in [1.29, 1.82) is 0 Å². The molecular formula is C13H27NO2. The van der Waals surface area contributed by atoms with Crippen molar-refractivity contribution in [3.8, 4) is 0 Å². The number of hydrogen-bond donors (Lipinski definition) is 1. The van der Waals surface area contributed by atoms with E-state index >= 15 is 0 Å². The number of hydrogen-bond acceptors (Lipinski definition) is 3. The molecule has 1 N–H and O–H groups in total. The third-order valence-electron chi connectivity index (χ3n) is 2.75. The highest BCUT2D eigenvalue weighted by Crippen LogP contribution is 2.03. The van der Waals surface area contributed by atoms with Gasteiger partial charge in [-0.3, -0.25) is 4.79 Å². The van der Waals surface area contributed by atoms with Crippen molar-refractivity contribution in [2.45, 2.75) is 64.8 Å². The summed E-state index contributed by atoms with van der Waals surface area (Å²) in [6.45, 7) is 5.25. The molecule has 0 amide bonds. The summed E-state index contributed by atoms with van der Waals surface area (Å²) in [5.41, 5.74) is 0. The molecular weight excluding hydrogens is 202 g/mol. The molecule has 0 aromatic rings. The average molecular weight is 229 g/mol. The summed E-state index contributed by atoms with van der Waals surface area (Å²) < 4.78 is 4.79. The summed E-state index contributed by atoms with van der Waals surface area (Å²) >= 11 is 0. The number of carbonyl (C=O) groups is 1. The Kier molecular flexibility index (Phi) is 10.5. The van der Waals surface area contributed by atoms with E-state index in [1.165, 1.54) is 26.4 Å². The Morgan fingerprint density at radius 1 is 1.12 bits per heavy atom. The zero-order chi connectivity index (χ0) is 12.2. The van der Waals surface area contributed by atoms with Crippen molar-refractivity contribution >= 4 is 5.97 Å². The van der Waals surface area contributed by atoms with Gasteiger partial charge in [-0.05, 0) is 19.4 Å². The minimum Gasteiger partial charge on any atom is -0.468 e. The van der Waals surface area contributed by atoms with Crippen molar-refractivity contribution in [3.63, 3.8) is 0 Å². The first kappa shape index (κ1) is 15.4. The lowest BCUT2D eigenvalue weighted by molar-refractivity contribution is -0.143. The van der Waals surface area contributed by atoms with E-state index in [1.807, 2.05) is 0 Å². The number of carbonyl (C=O) groups excluding carboxylic acids is 1. The van der Waals surface area contributed by atoms with Gasteiger partial charge in [-0.25, -0.2) is 0 Å². The average Bonchev–Trinajstić information content (AvgIpc) is 2.31. The summed E-state index contributed by atoms with van der Waals surface area (Å²) in [5, 5.41) is 3.29. The van der Waals surface area contributed by atoms with Crippen LogP contribution in [0.2, 0.25) is 0 Å². The van der Waals surface area contributed by atoms with Crippen LogP contribution in [0, 0.1) is 0 Å². The van der Waals surface area contributed by atoms with E-state index in [0.717, 1.165) is 32.2 Å². The van der Waals surface area contributed by atoms with Gasteiger partial charge >= 0.3 is 5.97 Å². The molecule has 1 unspecified atom stereocenters. The second-order valence-corrected chi connectivity index (χ2v) is 4.23. The standard InChI is InChI=1S/C13H27NO2/c1-4-6-8-9-11-14-12(10-7-5-2)13(15)16-3/h12,14H,4-11H2,1-3H3. The van der Waals surface area contributed by atoms with Gasteiger partial charge in [-0.2, -0.15) is 0 Å². The molecule has 0 aliphatic carbocycles. The minimum atomic E-state index is -0.121. The van der Waals surface area contributed by atoms with E-state index in [0.29, 0.717) is 0 Å². The Balaban J connectivity index is 3.69. The van der Waals surface area contributed by atoms with Gasteiger partial charge in [0.05, 0.1) is 7.11 Å². The number of ether oxygens (including phenoxy) is 1. The molecule has 96 valence electrons. The molecule has 0 rings (SSSR count). The Morgan fingerprint density at radius 3 is 2.38 bits per heavy atom. The second kappa shape index (κ2) is 10.9. The van der Waals surface area contributed by atoms with Crippen LogP contribution in [0.1, 0.15) is 58.8 Å². The first-order chi connectivity index (χ1) is 7.76. The van der Waals surface area contributed by atoms with Crippen molar-refractivity contribution in [3.05, 3.63) is 0 Å². The summed E-state index contributed by atoms with van der Waals surface area (Å²) in [6, 6.07) is -0.105. The van der Waals surface area contributed by atoms with Gasteiger partial charge in [-0.15, -0.1) is 0 Å². The molecule has 0 radical (unpaired) electrons. The maximum absolute atomic E-state index is 11.5. The van der Waals surface area contributed by atoms with E-state index in [9.17, 15) is 4.79 Å². The molecule has 0 aliphatic rings. The lowest BCUT2D eigenvalue weighted by atomic mass is 10.1. The number of unbranched alkanes of at least 4 members (excludes halogenated alkanes) is 4. The second-order valence-electron chi connectivity index (χ2n) is 4.23. The molecule has 0 aromatic carbocycles. The number of methoxy groups -OCH3 is 1. The highest BCUT2D eigenvalue weighted by atomic mass is 16.5. The summed E-state index contributed by atoms with van der Waals surface area (Å²) in [4.78, 5) is 11.5. The van der Waals surface area contributed by atoms with Crippen LogP contribution in [-0.2, 0) is 9.53 Å². The normalized spacial score (nSPS) is 12.4. The third-order valence-corrected chi connectivity index (χ3v) is 2.75. The first-order valence-corrected chi connectivity index (χ1v) is 6.57. The predicted octanol–water partition coefficient (Wildman–Crippen LogP) is 2.89. The van der Waals surface area contributed by atoms with Gasteiger partial charge < -0.3 is 10.1 Å². The van der Waals surface area contributed by atoms with Crippen LogP contribution >= 0.6 is 0 Å². The van der Waals surface area contributed by atoms with Crippen LogP contribution in [0.15, 0.2) is 0 Å². The highest BCUT2D eigenvalue weighted by molar-refractivity contribution is 5.75. The maximum atomic E-state index is 11.5. The van der Waals surface area contributed by atoms with Crippen LogP contribution in [-0.4, -0.2) is 25.7 Å². The van der Waals surface area contributed by atoms with Gasteiger partial charge in [0.2, 0.25) is 0 Å². The van der Waals surface area contributed by atoms with Crippen molar-refractivity contribution in [1.82, 2.24) is 5.32 Å². The quantitative estimate of drug-likeness (QED) is 0.462. The molecule has 0 aliphatic heterocycles. The Hall–Kier alpha value is -0.570. The van der Waals surface area contributed by atoms with Gasteiger partial charge in [-0.1, -0.05) is 46.0 Å². The van der Waals surface area contributed by atoms with Crippen LogP contribution in [0.5, 0.6) is 0 Å². The van der Waals surface area contributed by atoms with Gasteiger partial charge in [0.25, 0.3) is 0 Å². The predicted molar refractivity (Wildman–Crippen MR) is 67.5 cm³/mol. The Labute approximate surface area is 99.9 Å². The Bertz CT molecular complexity index is 171. The number of rotatable bonds is 10. The SMILES string of the molecule is CCCCCCNC(CCCC)C(=O)OC. The summed E-state index contributed by atoms with van der Waals surface area (Å²) in [6.07, 6.45) is 7.98. The van der Waals surface area contributed by atoms with Crippen molar-refractivity contribution in [2.75, 3.05) is 13.7 Å². The number of esters is 1. The molecule has 0 heterocycles. The fraction of sp³-hybridized carbons (Fsp3) is 0.923. The summed E-state index contributed by atoms with van der Waals surface area (Å²) in [5.74, 6) is -0.121. The molecule has 3 heteroatoms. The highest BCUT2D eigenvalue weighted by Gasteiger charge is 2.16. The molecule has 0 spiro atoms. The van der Waals surface area contributed by atoms with E-state index in [4.69, 9.17) is 4.74 Å². The molecule has 0 bridgehead atoms. The fourth-order valence-corrected chi connectivity index (χ4v) is 1.68. The minimum absolute atomic E-state index is 0.105. The Morgan fingerprint density at radius 2 is 1.81 bits per heavy atom. The fourth-order valence-electron chi connectivity index (χ4n) is 1.68. The maximum Gasteiger partial charge on any atom is 0.322 e. The van der Waals surface area contributed by atoms with Crippen LogP contribution in [0.25, 0.3) is 0 Å². The van der Waals surface area contributed by atoms with Crippen molar-refractivity contribution in [2.24, 2.45) is 0 Å². The van der Waals surface area contributed by atoms with Crippen LogP contribution < -0.4 is 5.32 Å². The zero-order valence-corrected chi connectivity index (χ0v) is 11.1. The third kappa shape index (κ3) is 7.69. The molecule has 16 heavy (non-hydrogen) atoms. The number of nitrogens with one attached hydrogen (secondary N) is 1. The van der Waals surface area contributed by atoms with Crippen LogP contribution in [0.3, 0.4) is 0 Å². The monoisotopic (exact) mass is 229 g/mol. The van der Waals surface area contributed by atoms with E-state index in [-0.39, 0.29) is 12.0 Å². The molecule has 0 saturated carbocycles. The molecule has 3 nitrogen and oxygen atoms in total. The largest absolute Gasteiger partial charge is 0.468 e. The van der Waals surface area contributed by atoms with Crippen molar-refractivity contribution < 1.29 is 9.53 Å². The molecule has 0 fully saturated rings. The first-order valence-electron chi connectivity index (χ1n) is 6.57. The summed E-state index contributed by atoms with van der Waals surface area (Å²) in [7, 11) is 1.46.